The highest BCUT2D eigenvalue weighted by atomic mass is 16.7. The maximum Gasteiger partial charge on any atom is 0.160 e. The third kappa shape index (κ3) is 5.75. The number of allylic oxidation sites excluding steroid dienone is 2. The van der Waals surface area contributed by atoms with E-state index in [4.69, 9.17) is 28.4 Å². The molecule has 27 heavy (non-hydrogen) atoms. The molecule has 0 spiro atoms. The molecule has 0 radical (unpaired) electrons. The lowest BCUT2D eigenvalue weighted by atomic mass is 9.87. The molecule has 0 N–H and O–H groups in total. The van der Waals surface area contributed by atoms with Crippen LogP contribution < -0.4 is 0 Å². The van der Waals surface area contributed by atoms with E-state index < -0.39 is 0 Å². The molecular weight excluding hydrogens is 348 g/mol. The number of hydrogen-bond acceptors (Lipinski definition) is 6. The lowest BCUT2D eigenvalue weighted by Gasteiger charge is -2.40. The first-order chi connectivity index (χ1) is 13.2. The lowest BCUT2D eigenvalue weighted by molar-refractivity contribution is -0.249. The molecule has 0 aromatic rings. The molecule has 156 valence electrons. The van der Waals surface area contributed by atoms with Crippen LogP contribution in [0, 0.1) is 16.7 Å². The molecule has 2 saturated heterocycles. The predicted octanol–water partition coefficient (Wildman–Crippen LogP) is 3.50. The van der Waals surface area contributed by atoms with Crippen LogP contribution in [0.15, 0.2) is 12.2 Å². The Bertz CT molecular complexity index is 424. The molecule has 0 unspecified atom stereocenters. The summed E-state index contributed by atoms with van der Waals surface area (Å²) in [4.78, 5) is 0. The maximum atomic E-state index is 6.40. The van der Waals surface area contributed by atoms with Crippen molar-refractivity contribution < 1.29 is 28.4 Å². The molecule has 2 heterocycles. The third-order valence-electron chi connectivity index (χ3n) is 6.27. The molecule has 3 rings (SSSR count). The molecule has 0 amide bonds. The zero-order valence-corrected chi connectivity index (χ0v) is 17.0. The average Bonchev–Trinajstić information content (AvgIpc) is 2.75. The van der Waals surface area contributed by atoms with Crippen molar-refractivity contribution >= 4 is 0 Å². The molecule has 1 aliphatic carbocycles. The Labute approximate surface area is 163 Å². The van der Waals surface area contributed by atoms with Gasteiger partial charge >= 0.3 is 0 Å². The van der Waals surface area contributed by atoms with E-state index in [0.717, 1.165) is 32.1 Å². The van der Waals surface area contributed by atoms with Crippen LogP contribution >= 0.6 is 0 Å². The normalized spacial score (nSPS) is 27.7. The van der Waals surface area contributed by atoms with Crippen LogP contribution in [-0.4, -0.2) is 59.5 Å². The number of ether oxygens (including phenoxy) is 6. The maximum absolute atomic E-state index is 6.40. The Morgan fingerprint density at radius 3 is 1.78 bits per heavy atom. The highest BCUT2D eigenvalue weighted by Gasteiger charge is 2.37. The summed E-state index contributed by atoms with van der Waals surface area (Å²) in [5, 5.41) is 0. The van der Waals surface area contributed by atoms with Gasteiger partial charge in [0.05, 0.1) is 39.6 Å². The second kappa shape index (κ2) is 10.3. The molecular formula is C21H36O6. The van der Waals surface area contributed by atoms with Gasteiger partial charge < -0.3 is 28.4 Å². The van der Waals surface area contributed by atoms with Gasteiger partial charge in [-0.3, -0.25) is 0 Å². The first-order valence-electron chi connectivity index (χ1n) is 10.4. The van der Waals surface area contributed by atoms with Gasteiger partial charge in [-0.25, -0.2) is 0 Å². The smallest absolute Gasteiger partial charge is 0.160 e. The van der Waals surface area contributed by atoms with Crippen LogP contribution in [0.3, 0.4) is 0 Å². The summed E-state index contributed by atoms with van der Waals surface area (Å²) in [6, 6.07) is 0. The van der Waals surface area contributed by atoms with Gasteiger partial charge in [0.25, 0.3) is 0 Å². The van der Waals surface area contributed by atoms with Crippen LogP contribution in [0.4, 0.5) is 0 Å². The van der Waals surface area contributed by atoms with Gasteiger partial charge in [0, 0.05) is 16.7 Å². The molecule has 0 saturated carbocycles. The van der Waals surface area contributed by atoms with E-state index in [2.05, 4.69) is 26.0 Å². The predicted molar refractivity (Wildman–Crippen MR) is 101 cm³/mol. The second-order valence-corrected chi connectivity index (χ2v) is 8.37. The topological polar surface area (TPSA) is 55.4 Å². The molecule has 0 bridgehead atoms. The van der Waals surface area contributed by atoms with Gasteiger partial charge in [0.2, 0.25) is 0 Å². The van der Waals surface area contributed by atoms with Crippen molar-refractivity contribution in [2.24, 2.45) is 16.7 Å². The van der Waals surface area contributed by atoms with Gasteiger partial charge in [0.1, 0.15) is 13.6 Å². The van der Waals surface area contributed by atoms with Crippen molar-refractivity contribution in [1.82, 2.24) is 0 Å². The van der Waals surface area contributed by atoms with Gasteiger partial charge in [0.15, 0.2) is 6.29 Å². The summed E-state index contributed by atoms with van der Waals surface area (Å²) in [5.41, 5.74) is -0.159. The molecule has 6 nitrogen and oxygen atoms in total. The van der Waals surface area contributed by atoms with E-state index in [1.807, 2.05) is 0 Å². The van der Waals surface area contributed by atoms with E-state index >= 15 is 0 Å². The highest BCUT2D eigenvalue weighted by molar-refractivity contribution is 4.92. The molecule has 0 aromatic heterocycles. The summed E-state index contributed by atoms with van der Waals surface area (Å²) >= 11 is 0. The van der Waals surface area contributed by atoms with Crippen molar-refractivity contribution in [3.05, 3.63) is 12.2 Å². The van der Waals surface area contributed by atoms with E-state index in [0.29, 0.717) is 59.1 Å². The fourth-order valence-electron chi connectivity index (χ4n) is 3.92. The second-order valence-electron chi connectivity index (χ2n) is 8.37. The van der Waals surface area contributed by atoms with E-state index in [-0.39, 0.29) is 17.1 Å². The van der Waals surface area contributed by atoms with Gasteiger partial charge in [-0.1, -0.05) is 26.0 Å². The van der Waals surface area contributed by atoms with Crippen molar-refractivity contribution in [2.75, 3.05) is 53.2 Å². The summed E-state index contributed by atoms with van der Waals surface area (Å²) in [6.45, 7) is 9.03. The quantitative estimate of drug-likeness (QED) is 0.448. The van der Waals surface area contributed by atoms with E-state index in [9.17, 15) is 0 Å². The standard InChI is InChI=1S/C21H36O6/c1-3-20(10-22-16-23-11-20)14-26-19(18-8-6-5-7-9-18)27-15-21(4-2)12-24-17-25-13-21/h5-6,18-19H,3-4,7-17H2,1-2H3/t18-/m1/s1. The van der Waals surface area contributed by atoms with Gasteiger partial charge in [-0.2, -0.15) is 0 Å². The summed E-state index contributed by atoms with van der Waals surface area (Å²) in [5.74, 6) is 0.383. The summed E-state index contributed by atoms with van der Waals surface area (Å²) < 4.78 is 35.0. The van der Waals surface area contributed by atoms with Crippen LogP contribution in [-0.2, 0) is 28.4 Å². The van der Waals surface area contributed by atoms with Crippen molar-refractivity contribution in [2.45, 2.75) is 52.2 Å². The van der Waals surface area contributed by atoms with E-state index in [1.165, 1.54) is 0 Å². The van der Waals surface area contributed by atoms with Crippen LogP contribution in [0.2, 0.25) is 0 Å². The number of hydrogen-bond donors (Lipinski definition) is 0. The Kier molecular flexibility index (Phi) is 8.11. The molecule has 1 atom stereocenters. The van der Waals surface area contributed by atoms with Crippen LogP contribution in [0.25, 0.3) is 0 Å². The van der Waals surface area contributed by atoms with Crippen molar-refractivity contribution in [3.63, 3.8) is 0 Å². The highest BCUT2D eigenvalue weighted by Crippen LogP contribution is 2.33. The zero-order valence-electron chi connectivity index (χ0n) is 17.0. The summed E-state index contributed by atoms with van der Waals surface area (Å²) in [7, 11) is 0. The first kappa shape index (κ1) is 21.2. The summed E-state index contributed by atoms with van der Waals surface area (Å²) in [6.07, 6.45) is 9.40. The van der Waals surface area contributed by atoms with Crippen molar-refractivity contribution in [1.29, 1.82) is 0 Å². The lowest BCUT2D eigenvalue weighted by Crippen LogP contribution is -2.45. The Morgan fingerprint density at radius 2 is 1.37 bits per heavy atom. The zero-order chi connectivity index (χ0) is 19.0. The number of rotatable bonds is 9. The minimum absolute atomic E-state index is 0.0795. The molecule has 2 aliphatic heterocycles. The SMILES string of the molecule is CCC1(COC(OCC2(CC)COCOC2)[C@@H]2CC=CCC2)COCOC1. The molecule has 0 aromatic carbocycles. The molecule has 2 fully saturated rings. The fourth-order valence-corrected chi connectivity index (χ4v) is 3.92. The fraction of sp³-hybridized carbons (Fsp3) is 0.905. The third-order valence-corrected chi connectivity index (χ3v) is 6.27. The van der Waals surface area contributed by atoms with Crippen LogP contribution in [0.1, 0.15) is 46.0 Å². The van der Waals surface area contributed by atoms with Crippen molar-refractivity contribution in [3.8, 4) is 0 Å². The largest absolute Gasteiger partial charge is 0.355 e. The monoisotopic (exact) mass is 384 g/mol. The minimum atomic E-state index is -0.217. The van der Waals surface area contributed by atoms with Crippen LogP contribution in [0.5, 0.6) is 0 Å². The van der Waals surface area contributed by atoms with Gasteiger partial charge in [-0.15, -0.1) is 0 Å². The Morgan fingerprint density at radius 1 is 0.852 bits per heavy atom. The minimum Gasteiger partial charge on any atom is -0.355 e. The Hall–Kier alpha value is -0.500. The molecule has 3 aliphatic rings. The molecule has 6 heteroatoms. The first-order valence-corrected chi connectivity index (χ1v) is 10.4. The average molecular weight is 385 g/mol. The van der Waals surface area contributed by atoms with E-state index in [1.54, 1.807) is 0 Å². The Balaban J connectivity index is 1.60. The van der Waals surface area contributed by atoms with Gasteiger partial charge in [-0.05, 0) is 32.1 Å².